The van der Waals surface area contributed by atoms with E-state index in [-0.39, 0.29) is 47.9 Å². The third-order valence-corrected chi connectivity index (χ3v) is 14.0. The number of fused-ring (bicyclic) bond motifs is 6. The maximum atomic E-state index is 13.6. The van der Waals surface area contributed by atoms with Gasteiger partial charge in [-0.1, -0.05) is 104 Å². The first-order valence-corrected chi connectivity index (χ1v) is 19.5. The fourth-order valence-electron chi connectivity index (χ4n) is 11.4. The van der Waals surface area contributed by atoms with Crippen molar-refractivity contribution in [2.45, 2.75) is 123 Å². The molecule has 0 radical (unpaired) electrons. The molecule has 2 heterocycles. The van der Waals surface area contributed by atoms with Gasteiger partial charge in [0, 0.05) is 18.9 Å². The molecule has 0 bridgehead atoms. The Morgan fingerprint density at radius 2 is 1.63 bits per heavy atom. The van der Waals surface area contributed by atoms with E-state index in [4.69, 9.17) is 18.9 Å². The van der Waals surface area contributed by atoms with Gasteiger partial charge in [0.15, 0.2) is 0 Å². The smallest absolute Gasteiger partial charge is 0.445 e. The summed E-state index contributed by atoms with van der Waals surface area (Å²) in [7, 11) is 0. The minimum Gasteiger partial charge on any atom is -0.445 e. The lowest BCUT2D eigenvalue weighted by atomic mass is 9.56. The Morgan fingerprint density at radius 3 is 2.35 bits per heavy atom. The number of likely N-dealkylation sites (tertiary alicyclic amines) is 1. The van der Waals surface area contributed by atoms with Crippen LogP contribution in [-0.2, 0) is 32.2 Å². The van der Waals surface area contributed by atoms with Crippen molar-refractivity contribution in [3.05, 3.63) is 94.6 Å². The molecule has 6 aliphatic rings. The molecule has 2 saturated carbocycles. The largest absolute Gasteiger partial charge is 0.508 e. The van der Waals surface area contributed by atoms with Crippen molar-refractivity contribution in [2.75, 3.05) is 6.54 Å². The highest BCUT2D eigenvalue weighted by molar-refractivity contribution is 5.68. The van der Waals surface area contributed by atoms with Gasteiger partial charge in [-0.2, -0.15) is 0 Å². The lowest BCUT2D eigenvalue weighted by Gasteiger charge is -2.49. The van der Waals surface area contributed by atoms with E-state index in [1.165, 1.54) is 11.1 Å². The molecule has 51 heavy (non-hydrogen) atoms. The number of ether oxygens (including phenoxy) is 4. The van der Waals surface area contributed by atoms with E-state index in [2.05, 4.69) is 33.8 Å². The van der Waals surface area contributed by atoms with Crippen LogP contribution in [0.3, 0.4) is 0 Å². The Morgan fingerprint density at radius 1 is 0.922 bits per heavy atom. The van der Waals surface area contributed by atoms with Crippen molar-refractivity contribution in [3.63, 3.8) is 0 Å². The molecule has 272 valence electrons. The average molecular weight is 694 g/mol. The number of benzene rings is 2. The molecule has 1 amide bonds. The predicted molar refractivity (Wildman–Crippen MR) is 195 cm³/mol. The molecule has 2 aromatic rings. The number of amides is 1. The number of hydrogen-bond donors (Lipinski definition) is 0. The van der Waals surface area contributed by atoms with Crippen molar-refractivity contribution < 1.29 is 28.5 Å². The Balaban J connectivity index is 0.931. The lowest BCUT2D eigenvalue weighted by molar-refractivity contribution is -0.0784. The van der Waals surface area contributed by atoms with E-state index in [0.29, 0.717) is 30.3 Å². The summed E-state index contributed by atoms with van der Waals surface area (Å²) in [6.07, 6.45) is 10.7. The van der Waals surface area contributed by atoms with Gasteiger partial charge in [-0.25, -0.2) is 9.59 Å². The Labute approximate surface area is 303 Å². The fraction of sp³-hybridized carbons (Fsp3) is 0.591. The van der Waals surface area contributed by atoms with Crippen molar-refractivity contribution >= 4 is 12.2 Å². The predicted octanol–water partition coefficient (Wildman–Crippen LogP) is 9.80. The molecule has 8 rings (SSSR count). The van der Waals surface area contributed by atoms with Crippen molar-refractivity contribution in [1.29, 1.82) is 0 Å². The first-order valence-electron chi connectivity index (χ1n) is 19.5. The number of hydrogen-bond acceptors (Lipinski definition) is 6. The summed E-state index contributed by atoms with van der Waals surface area (Å²) >= 11 is 0. The van der Waals surface area contributed by atoms with E-state index >= 15 is 0 Å². The monoisotopic (exact) mass is 693 g/mol. The molecular weight excluding hydrogens is 638 g/mol. The van der Waals surface area contributed by atoms with E-state index in [0.717, 1.165) is 75.5 Å². The van der Waals surface area contributed by atoms with Crippen LogP contribution in [0, 0.1) is 35.0 Å². The van der Waals surface area contributed by atoms with E-state index in [9.17, 15) is 9.59 Å². The van der Waals surface area contributed by atoms with Crippen LogP contribution in [0.1, 0.15) is 96.6 Å². The molecule has 2 saturated heterocycles. The Kier molecular flexibility index (Phi) is 9.31. The Hall–Kier alpha value is -3.58. The van der Waals surface area contributed by atoms with E-state index in [1.54, 1.807) is 5.57 Å². The summed E-state index contributed by atoms with van der Waals surface area (Å²) in [4.78, 5) is 28.2. The average Bonchev–Trinajstić information content (AvgIpc) is 3.60. The van der Waals surface area contributed by atoms with Gasteiger partial charge >= 0.3 is 12.2 Å². The summed E-state index contributed by atoms with van der Waals surface area (Å²) in [6, 6.07) is 19.8. The number of rotatable bonds is 5. The van der Waals surface area contributed by atoms with Gasteiger partial charge in [0.05, 0.1) is 17.7 Å². The van der Waals surface area contributed by atoms with Crippen LogP contribution in [0.5, 0.6) is 0 Å². The minimum atomic E-state index is -0.565. The van der Waals surface area contributed by atoms with Crippen LogP contribution in [0.4, 0.5) is 9.59 Å². The molecule has 4 fully saturated rings. The third-order valence-electron chi connectivity index (χ3n) is 14.0. The second-order valence-electron chi connectivity index (χ2n) is 17.0. The van der Waals surface area contributed by atoms with Crippen molar-refractivity contribution in [3.8, 4) is 0 Å². The van der Waals surface area contributed by atoms with Gasteiger partial charge in [0.1, 0.15) is 19.3 Å². The van der Waals surface area contributed by atoms with Gasteiger partial charge in [-0.15, -0.1) is 0 Å². The normalized spacial score (nSPS) is 37.0. The summed E-state index contributed by atoms with van der Waals surface area (Å²) in [5.41, 5.74) is 6.53. The number of piperidine rings is 1. The molecule has 2 aromatic carbocycles. The third kappa shape index (κ3) is 6.42. The fourth-order valence-corrected chi connectivity index (χ4v) is 11.4. The molecule has 0 N–H and O–H groups in total. The van der Waals surface area contributed by atoms with E-state index in [1.807, 2.05) is 65.6 Å². The van der Waals surface area contributed by atoms with Crippen LogP contribution in [0.25, 0.3) is 0 Å². The molecule has 1 spiro atoms. The van der Waals surface area contributed by atoms with Crippen LogP contribution in [0.15, 0.2) is 83.5 Å². The number of carbonyl (C=O) groups is 2. The summed E-state index contributed by atoms with van der Waals surface area (Å²) in [6.45, 7) is 10.7. The lowest BCUT2D eigenvalue weighted by Crippen LogP contribution is -2.54. The first-order chi connectivity index (χ1) is 24.6. The molecule has 10 atom stereocenters. The SMILES string of the molecule is CC1=C2CC3[C@@H](CC=C4C[C@@H](OC(=O)OCc5ccccc5)CC[C@@]43C)C2CC[C@@]2(C1)O[C@@H]1C[C@H](C)CN(C(=O)OCc3ccccc3)C1[C@H]2C. The molecule has 0 aromatic heterocycles. The summed E-state index contributed by atoms with van der Waals surface area (Å²) in [5.74, 6) is 2.43. The van der Waals surface area contributed by atoms with Gasteiger partial charge in [-0.05, 0) is 98.5 Å². The standard InChI is InChI=1S/C44H55NO6/c1-28-21-39-40(45(25-28)41(46)48-26-31-11-7-5-8-12-31)30(3)44(51-39)20-18-35-36-16-15-33-22-34(50-42(47)49-27-32-13-9-6-10-14-32)17-19-43(33,4)38(36)23-37(35)29(2)24-44/h5-15,28,30,34-36,38-40H,16-27H2,1-4H3/t28-,30+,34-,35?,36-,38?,39+,40?,43-,44-/m0/s1. The van der Waals surface area contributed by atoms with Gasteiger partial charge in [0.2, 0.25) is 0 Å². The quantitative estimate of drug-likeness (QED) is 0.229. The molecule has 2 aliphatic heterocycles. The molecule has 7 nitrogen and oxygen atoms in total. The maximum absolute atomic E-state index is 13.6. The molecule has 3 unspecified atom stereocenters. The second kappa shape index (κ2) is 13.8. The zero-order valence-corrected chi connectivity index (χ0v) is 30.9. The number of carbonyl (C=O) groups excluding carboxylic acids is 2. The van der Waals surface area contributed by atoms with Crippen LogP contribution in [0.2, 0.25) is 0 Å². The number of nitrogens with zero attached hydrogens (tertiary/aromatic N) is 1. The highest BCUT2D eigenvalue weighted by Crippen LogP contribution is 2.64. The zero-order chi connectivity index (χ0) is 35.3. The molecule has 4 aliphatic carbocycles. The summed E-state index contributed by atoms with van der Waals surface area (Å²) < 4.78 is 24.4. The van der Waals surface area contributed by atoms with Gasteiger partial charge in [-0.3, -0.25) is 0 Å². The van der Waals surface area contributed by atoms with Gasteiger partial charge < -0.3 is 23.8 Å². The first kappa shape index (κ1) is 34.5. The maximum Gasteiger partial charge on any atom is 0.508 e. The van der Waals surface area contributed by atoms with Crippen LogP contribution >= 0.6 is 0 Å². The highest BCUT2D eigenvalue weighted by atomic mass is 16.7. The molecular formula is C44H55NO6. The zero-order valence-electron chi connectivity index (χ0n) is 30.9. The van der Waals surface area contributed by atoms with Crippen molar-refractivity contribution in [1.82, 2.24) is 4.90 Å². The molecule has 7 heteroatoms. The van der Waals surface area contributed by atoms with E-state index < -0.39 is 6.16 Å². The van der Waals surface area contributed by atoms with Crippen molar-refractivity contribution in [2.24, 2.45) is 35.0 Å². The topological polar surface area (TPSA) is 74.3 Å². The van der Waals surface area contributed by atoms with Crippen LogP contribution in [-0.4, -0.2) is 47.5 Å². The summed E-state index contributed by atoms with van der Waals surface area (Å²) in [5, 5.41) is 0. The highest BCUT2D eigenvalue weighted by Gasteiger charge is 2.60. The van der Waals surface area contributed by atoms with Gasteiger partial charge in [0.25, 0.3) is 0 Å². The minimum absolute atomic E-state index is 0.0417. The Bertz CT molecular complexity index is 1670. The second-order valence-corrected chi connectivity index (χ2v) is 17.0. The number of allylic oxidation sites excluding steroid dienone is 2. The van der Waals surface area contributed by atoms with Crippen LogP contribution < -0.4 is 0 Å².